The van der Waals surface area contributed by atoms with E-state index in [4.69, 9.17) is 4.52 Å². The lowest BCUT2D eigenvalue weighted by Gasteiger charge is -2.21. The van der Waals surface area contributed by atoms with Gasteiger partial charge in [-0.3, -0.25) is 23.7 Å². The molecule has 42 heavy (non-hydrogen) atoms. The second-order valence-electron chi connectivity index (χ2n) is 11.1. The second kappa shape index (κ2) is 11.7. The van der Waals surface area contributed by atoms with Crippen LogP contribution < -0.4 is 11.3 Å². The van der Waals surface area contributed by atoms with E-state index in [-0.39, 0.29) is 23.8 Å². The fraction of sp³-hybridized carbons (Fsp3) is 0.375. The molecule has 1 aliphatic carbocycles. The number of aromatic nitrogens is 6. The Kier molecular flexibility index (Phi) is 7.69. The molecule has 0 atom stereocenters. The standard InChI is InChI=1S/C32H34N6O4/c1-3-9-27-26(30(40)37(31-33-20(2)35-38(27)31)19-28(39)23-10-5-4-6-11-23)18-21-14-16-22(17-15-21)24-12-7-8-13-25(24)29-34-32(41)42-36-29/h7-8,12-17,23H,3-6,9-11,18-19H2,1-2H3,(H,34,36,41). The number of nitrogens with one attached hydrogen (secondary N) is 1. The van der Waals surface area contributed by atoms with E-state index < -0.39 is 5.76 Å². The highest BCUT2D eigenvalue weighted by Crippen LogP contribution is 2.30. The van der Waals surface area contributed by atoms with Crippen LogP contribution >= 0.6 is 0 Å². The molecule has 10 nitrogen and oxygen atoms in total. The van der Waals surface area contributed by atoms with Crippen molar-refractivity contribution in [1.29, 1.82) is 0 Å². The minimum absolute atomic E-state index is 0.000937. The van der Waals surface area contributed by atoms with Crippen LogP contribution in [-0.2, 0) is 24.2 Å². The summed E-state index contributed by atoms with van der Waals surface area (Å²) in [7, 11) is 0. The molecular weight excluding hydrogens is 532 g/mol. The molecule has 1 N–H and O–H groups in total. The number of carbonyl (C=O) groups is 1. The molecule has 1 saturated carbocycles. The van der Waals surface area contributed by atoms with Gasteiger partial charge in [0.1, 0.15) is 5.82 Å². The molecule has 0 unspecified atom stereocenters. The van der Waals surface area contributed by atoms with Gasteiger partial charge in [-0.2, -0.15) is 10.1 Å². The van der Waals surface area contributed by atoms with Gasteiger partial charge in [-0.05, 0) is 42.9 Å². The van der Waals surface area contributed by atoms with Crippen LogP contribution in [0.2, 0.25) is 0 Å². The first-order chi connectivity index (χ1) is 20.4. The number of hydrogen-bond donors (Lipinski definition) is 1. The molecule has 1 aliphatic rings. The number of ketones is 1. The summed E-state index contributed by atoms with van der Waals surface area (Å²) < 4.78 is 8.02. The largest absolute Gasteiger partial charge is 0.439 e. The lowest BCUT2D eigenvalue weighted by atomic mass is 9.86. The summed E-state index contributed by atoms with van der Waals surface area (Å²) in [5, 5.41) is 8.50. The number of nitrogens with zero attached hydrogens (tertiary/aromatic N) is 5. The maximum Gasteiger partial charge on any atom is 0.439 e. The molecule has 2 aromatic carbocycles. The smallest absolute Gasteiger partial charge is 0.297 e. The Labute approximate surface area is 242 Å². The van der Waals surface area contributed by atoms with Crippen molar-refractivity contribution in [3.05, 3.63) is 92.1 Å². The zero-order valence-electron chi connectivity index (χ0n) is 23.9. The highest BCUT2D eigenvalue weighted by Gasteiger charge is 2.25. The van der Waals surface area contributed by atoms with Gasteiger partial charge in [0.15, 0.2) is 11.6 Å². The van der Waals surface area contributed by atoms with Crippen molar-refractivity contribution in [3.8, 4) is 22.5 Å². The molecule has 0 bridgehead atoms. The summed E-state index contributed by atoms with van der Waals surface area (Å²) in [6, 6.07) is 15.6. The first-order valence-corrected chi connectivity index (χ1v) is 14.7. The molecule has 5 aromatic rings. The maximum absolute atomic E-state index is 14.1. The van der Waals surface area contributed by atoms with E-state index in [0.29, 0.717) is 35.8 Å². The van der Waals surface area contributed by atoms with Gasteiger partial charge >= 0.3 is 5.76 Å². The SMILES string of the molecule is CCCc1c(Cc2ccc(-c3ccccc3-c3noc(=O)[nH]3)cc2)c(=O)n(CC(=O)C2CCCCC2)c2nc(C)nn12. The predicted octanol–water partition coefficient (Wildman–Crippen LogP) is 4.90. The van der Waals surface area contributed by atoms with E-state index in [1.807, 2.05) is 55.5 Å². The quantitative estimate of drug-likeness (QED) is 0.269. The molecule has 6 rings (SSSR count). The van der Waals surface area contributed by atoms with Gasteiger partial charge in [-0.15, -0.1) is 0 Å². The Bertz CT molecular complexity index is 1850. The Morgan fingerprint density at radius 3 is 2.45 bits per heavy atom. The minimum Gasteiger partial charge on any atom is -0.297 e. The summed E-state index contributed by atoms with van der Waals surface area (Å²) in [6.07, 6.45) is 6.96. The zero-order valence-corrected chi connectivity index (χ0v) is 23.9. The van der Waals surface area contributed by atoms with E-state index in [1.165, 1.54) is 4.57 Å². The third kappa shape index (κ3) is 5.36. The summed E-state index contributed by atoms with van der Waals surface area (Å²) in [5.74, 6) is 0.863. The Hall–Kier alpha value is -4.60. The van der Waals surface area contributed by atoms with E-state index >= 15 is 0 Å². The van der Waals surface area contributed by atoms with Crippen molar-refractivity contribution in [2.24, 2.45) is 5.92 Å². The maximum atomic E-state index is 14.1. The average Bonchev–Trinajstić information content (AvgIpc) is 3.63. The van der Waals surface area contributed by atoms with Crippen LogP contribution in [0.15, 0.2) is 62.6 Å². The summed E-state index contributed by atoms with van der Waals surface area (Å²) in [5.41, 5.74) is 4.84. The lowest BCUT2D eigenvalue weighted by molar-refractivity contribution is -0.124. The normalized spacial score (nSPS) is 14.0. The summed E-state index contributed by atoms with van der Waals surface area (Å²) in [6.45, 7) is 3.90. The van der Waals surface area contributed by atoms with Gasteiger partial charge in [0.05, 0.1) is 12.2 Å². The van der Waals surface area contributed by atoms with Gasteiger partial charge in [0.25, 0.3) is 5.56 Å². The summed E-state index contributed by atoms with van der Waals surface area (Å²) in [4.78, 5) is 46.1. The van der Waals surface area contributed by atoms with Gasteiger partial charge in [0, 0.05) is 23.5 Å². The monoisotopic (exact) mass is 566 g/mol. The molecule has 0 radical (unpaired) electrons. The zero-order chi connectivity index (χ0) is 29.2. The topological polar surface area (TPSA) is 128 Å². The van der Waals surface area contributed by atoms with Crippen molar-refractivity contribution in [1.82, 2.24) is 29.3 Å². The molecule has 1 fully saturated rings. The Morgan fingerprint density at radius 1 is 1.02 bits per heavy atom. The van der Waals surface area contributed by atoms with Gasteiger partial charge in [-0.1, -0.05) is 86.3 Å². The molecule has 216 valence electrons. The van der Waals surface area contributed by atoms with Crippen LogP contribution in [0.5, 0.6) is 0 Å². The van der Waals surface area contributed by atoms with E-state index in [0.717, 1.165) is 66.5 Å². The molecule has 0 aliphatic heterocycles. The van der Waals surface area contributed by atoms with Crippen molar-refractivity contribution in [2.75, 3.05) is 0 Å². The number of hydrogen-bond acceptors (Lipinski definition) is 7. The third-order valence-corrected chi connectivity index (χ3v) is 8.17. The van der Waals surface area contributed by atoms with Crippen molar-refractivity contribution >= 4 is 11.6 Å². The summed E-state index contributed by atoms with van der Waals surface area (Å²) >= 11 is 0. The number of fused-ring (bicyclic) bond motifs is 1. The van der Waals surface area contributed by atoms with Crippen LogP contribution in [0, 0.1) is 12.8 Å². The number of H-pyrrole nitrogens is 1. The highest BCUT2D eigenvalue weighted by molar-refractivity contribution is 5.81. The first-order valence-electron chi connectivity index (χ1n) is 14.7. The number of aromatic amines is 1. The van der Waals surface area contributed by atoms with Gasteiger partial charge < -0.3 is 0 Å². The number of Topliss-reactive ketones (excluding diaryl/α,β-unsaturated/α-hetero) is 1. The van der Waals surface area contributed by atoms with Crippen LogP contribution in [0.25, 0.3) is 28.3 Å². The van der Waals surface area contributed by atoms with Crippen molar-refractivity contribution in [3.63, 3.8) is 0 Å². The van der Waals surface area contributed by atoms with Crippen LogP contribution in [0.3, 0.4) is 0 Å². The highest BCUT2D eigenvalue weighted by atomic mass is 16.5. The van der Waals surface area contributed by atoms with Gasteiger partial charge in [-0.25, -0.2) is 9.31 Å². The van der Waals surface area contributed by atoms with E-state index in [1.54, 1.807) is 4.52 Å². The van der Waals surface area contributed by atoms with Crippen LogP contribution in [0.1, 0.15) is 68.1 Å². The van der Waals surface area contributed by atoms with E-state index in [2.05, 4.69) is 27.1 Å². The Balaban J connectivity index is 1.37. The molecule has 10 heteroatoms. The number of carbonyl (C=O) groups excluding carboxylic acids is 1. The van der Waals surface area contributed by atoms with Crippen molar-refractivity contribution in [2.45, 2.75) is 71.8 Å². The number of aryl methyl sites for hydroxylation is 2. The van der Waals surface area contributed by atoms with Crippen LogP contribution in [-0.4, -0.2) is 35.1 Å². The fourth-order valence-electron chi connectivity index (χ4n) is 6.08. The minimum atomic E-state index is -0.608. The van der Waals surface area contributed by atoms with Gasteiger partial charge in [0.2, 0.25) is 5.78 Å². The third-order valence-electron chi connectivity index (χ3n) is 8.17. The molecule has 0 spiro atoms. The van der Waals surface area contributed by atoms with Crippen molar-refractivity contribution < 1.29 is 9.32 Å². The predicted molar refractivity (Wildman–Crippen MR) is 158 cm³/mol. The number of rotatable bonds is 9. The fourth-order valence-corrected chi connectivity index (χ4v) is 6.08. The van der Waals surface area contributed by atoms with E-state index in [9.17, 15) is 14.4 Å². The Morgan fingerprint density at radius 2 is 1.76 bits per heavy atom. The van der Waals surface area contributed by atoms with Crippen LogP contribution in [0.4, 0.5) is 0 Å². The average molecular weight is 567 g/mol. The molecule has 3 heterocycles. The molecular formula is C32H34N6O4. The number of benzene rings is 2. The molecule has 0 amide bonds. The second-order valence-corrected chi connectivity index (χ2v) is 11.1. The lowest BCUT2D eigenvalue weighted by Crippen LogP contribution is -2.34. The first kappa shape index (κ1) is 27.6. The molecule has 3 aromatic heterocycles. The molecule has 0 saturated heterocycles.